The molecule has 0 saturated carbocycles. The number of methoxy groups -OCH3 is 1. The lowest BCUT2D eigenvalue weighted by molar-refractivity contribution is 0.0579. The minimum absolute atomic E-state index is 0.0529. The minimum Gasteiger partial charge on any atom is -0.373 e. The molecule has 16 heavy (non-hydrogen) atoms. The molecule has 0 aromatic heterocycles. The maximum Gasteiger partial charge on any atom is 0.191 e. The third-order valence-electron chi connectivity index (χ3n) is 2.33. The molecule has 1 unspecified atom stereocenters. The predicted molar refractivity (Wildman–Crippen MR) is 66.5 cm³/mol. The highest BCUT2D eigenvalue weighted by Crippen LogP contribution is 2.23. The summed E-state index contributed by atoms with van der Waals surface area (Å²) in [5.41, 5.74) is 0.537. The lowest BCUT2D eigenvalue weighted by Gasteiger charge is -2.13. The van der Waals surface area contributed by atoms with Crippen LogP contribution in [-0.2, 0) is 4.74 Å². The standard InChI is InChI=1S/C12H14Cl2O2/c1-3-4-11(16-2)12(15)8-5-6-9(13)10(14)7-8/h5-7,11H,3-4H2,1-2H3. The molecule has 4 heteroatoms. The fourth-order valence-electron chi connectivity index (χ4n) is 1.45. The maximum absolute atomic E-state index is 12.0. The van der Waals surface area contributed by atoms with Crippen molar-refractivity contribution < 1.29 is 9.53 Å². The molecule has 1 aromatic rings. The first kappa shape index (κ1) is 13.5. The summed E-state index contributed by atoms with van der Waals surface area (Å²) in [6.07, 6.45) is 1.20. The van der Waals surface area contributed by atoms with Crippen LogP contribution in [0, 0.1) is 0 Å². The Balaban J connectivity index is 2.90. The summed E-state index contributed by atoms with van der Waals surface area (Å²) in [4.78, 5) is 12.0. The van der Waals surface area contributed by atoms with Crippen molar-refractivity contribution in [3.8, 4) is 0 Å². The number of ether oxygens (including phenoxy) is 1. The van der Waals surface area contributed by atoms with Crippen LogP contribution in [0.25, 0.3) is 0 Å². The fourth-order valence-corrected chi connectivity index (χ4v) is 1.75. The van der Waals surface area contributed by atoms with E-state index in [1.165, 1.54) is 7.11 Å². The minimum atomic E-state index is -0.401. The molecule has 2 nitrogen and oxygen atoms in total. The van der Waals surface area contributed by atoms with Crippen LogP contribution >= 0.6 is 23.2 Å². The molecule has 1 aromatic carbocycles. The molecule has 1 atom stereocenters. The Kier molecular flexibility index (Phi) is 5.26. The Morgan fingerprint density at radius 2 is 2.06 bits per heavy atom. The van der Waals surface area contributed by atoms with Gasteiger partial charge in [0, 0.05) is 12.7 Å². The Morgan fingerprint density at radius 1 is 1.38 bits per heavy atom. The lowest BCUT2D eigenvalue weighted by atomic mass is 10.0. The van der Waals surface area contributed by atoms with E-state index in [9.17, 15) is 4.79 Å². The van der Waals surface area contributed by atoms with Crippen LogP contribution < -0.4 is 0 Å². The van der Waals surface area contributed by atoms with Gasteiger partial charge in [0.2, 0.25) is 0 Å². The van der Waals surface area contributed by atoms with Crippen LogP contribution in [0.4, 0.5) is 0 Å². The number of Topliss-reactive ketones (excluding diaryl/α,β-unsaturated/α-hetero) is 1. The molecule has 0 saturated heterocycles. The first-order chi connectivity index (χ1) is 7.60. The van der Waals surface area contributed by atoms with Crippen LogP contribution in [0.3, 0.4) is 0 Å². The van der Waals surface area contributed by atoms with Gasteiger partial charge >= 0.3 is 0 Å². The predicted octanol–water partition coefficient (Wildman–Crippen LogP) is 3.99. The van der Waals surface area contributed by atoms with Crippen molar-refractivity contribution in [2.75, 3.05) is 7.11 Å². The van der Waals surface area contributed by atoms with Crippen LogP contribution in [0.5, 0.6) is 0 Å². The number of ketones is 1. The van der Waals surface area contributed by atoms with Gasteiger partial charge < -0.3 is 4.74 Å². The van der Waals surface area contributed by atoms with Gasteiger partial charge in [-0.2, -0.15) is 0 Å². The molecule has 0 heterocycles. The van der Waals surface area contributed by atoms with Crippen molar-refractivity contribution in [1.82, 2.24) is 0 Å². The SMILES string of the molecule is CCCC(OC)C(=O)c1ccc(Cl)c(Cl)c1. The van der Waals surface area contributed by atoms with Gasteiger partial charge in [-0.05, 0) is 24.6 Å². The summed E-state index contributed by atoms with van der Waals surface area (Å²) >= 11 is 11.6. The number of benzene rings is 1. The van der Waals surface area contributed by atoms with Crippen molar-refractivity contribution in [3.05, 3.63) is 33.8 Å². The number of rotatable bonds is 5. The Hall–Kier alpha value is -0.570. The van der Waals surface area contributed by atoms with Crippen LogP contribution in [0.2, 0.25) is 10.0 Å². The molecule has 0 spiro atoms. The molecule has 0 aliphatic carbocycles. The molecular weight excluding hydrogens is 247 g/mol. The summed E-state index contributed by atoms with van der Waals surface area (Å²) in [5, 5.41) is 0.835. The summed E-state index contributed by atoms with van der Waals surface area (Å²) in [6, 6.07) is 4.86. The number of halogens is 2. The van der Waals surface area contributed by atoms with E-state index in [1.807, 2.05) is 6.92 Å². The van der Waals surface area contributed by atoms with Gasteiger partial charge in [-0.3, -0.25) is 4.79 Å². The zero-order chi connectivity index (χ0) is 12.1. The van der Waals surface area contributed by atoms with E-state index in [4.69, 9.17) is 27.9 Å². The molecule has 0 aliphatic rings. The largest absolute Gasteiger partial charge is 0.373 e. The Labute approximate surface area is 106 Å². The molecule has 0 fully saturated rings. The Bertz CT molecular complexity index is 377. The molecule has 0 amide bonds. The average molecular weight is 261 g/mol. The first-order valence-electron chi connectivity index (χ1n) is 5.12. The third kappa shape index (κ3) is 3.21. The van der Waals surface area contributed by atoms with E-state index < -0.39 is 6.10 Å². The fraction of sp³-hybridized carbons (Fsp3) is 0.417. The molecule has 0 N–H and O–H groups in total. The summed E-state index contributed by atoms with van der Waals surface area (Å²) in [7, 11) is 1.54. The Morgan fingerprint density at radius 3 is 2.56 bits per heavy atom. The smallest absolute Gasteiger partial charge is 0.191 e. The summed E-state index contributed by atoms with van der Waals surface area (Å²) in [5.74, 6) is -0.0529. The molecule has 88 valence electrons. The number of hydrogen-bond donors (Lipinski definition) is 0. The number of carbonyl (C=O) groups is 1. The third-order valence-corrected chi connectivity index (χ3v) is 3.07. The quantitative estimate of drug-likeness (QED) is 0.749. The monoisotopic (exact) mass is 260 g/mol. The number of carbonyl (C=O) groups excluding carboxylic acids is 1. The van der Waals surface area contributed by atoms with Gasteiger partial charge in [0.05, 0.1) is 10.0 Å². The van der Waals surface area contributed by atoms with E-state index >= 15 is 0 Å². The van der Waals surface area contributed by atoms with Crippen molar-refractivity contribution in [2.45, 2.75) is 25.9 Å². The van der Waals surface area contributed by atoms with Gasteiger partial charge in [-0.1, -0.05) is 36.5 Å². The van der Waals surface area contributed by atoms with E-state index in [1.54, 1.807) is 18.2 Å². The molecule has 0 bridgehead atoms. The lowest BCUT2D eigenvalue weighted by Crippen LogP contribution is -2.22. The van der Waals surface area contributed by atoms with Gasteiger partial charge in [0.15, 0.2) is 5.78 Å². The second-order valence-corrected chi connectivity index (χ2v) is 4.32. The highest BCUT2D eigenvalue weighted by Gasteiger charge is 2.19. The average Bonchev–Trinajstić information content (AvgIpc) is 2.28. The van der Waals surface area contributed by atoms with Gasteiger partial charge in [-0.15, -0.1) is 0 Å². The number of hydrogen-bond acceptors (Lipinski definition) is 2. The zero-order valence-electron chi connectivity index (χ0n) is 9.30. The second kappa shape index (κ2) is 6.24. The topological polar surface area (TPSA) is 26.3 Å². The van der Waals surface area contributed by atoms with Crippen molar-refractivity contribution >= 4 is 29.0 Å². The summed E-state index contributed by atoms with van der Waals surface area (Å²) < 4.78 is 5.15. The van der Waals surface area contributed by atoms with Gasteiger partial charge in [0.1, 0.15) is 6.10 Å². The van der Waals surface area contributed by atoms with E-state index in [0.717, 1.165) is 6.42 Å². The van der Waals surface area contributed by atoms with E-state index in [2.05, 4.69) is 0 Å². The zero-order valence-corrected chi connectivity index (χ0v) is 10.8. The molecular formula is C12H14Cl2O2. The van der Waals surface area contributed by atoms with Crippen LogP contribution in [0.1, 0.15) is 30.1 Å². The normalized spacial score (nSPS) is 12.5. The van der Waals surface area contributed by atoms with Crippen molar-refractivity contribution in [2.24, 2.45) is 0 Å². The molecule has 1 rings (SSSR count). The maximum atomic E-state index is 12.0. The molecule has 0 radical (unpaired) electrons. The van der Waals surface area contributed by atoms with Crippen molar-refractivity contribution in [1.29, 1.82) is 0 Å². The van der Waals surface area contributed by atoms with Gasteiger partial charge in [-0.25, -0.2) is 0 Å². The highest BCUT2D eigenvalue weighted by molar-refractivity contribution is 6.42. The van der Waals surface area contributed by atoms with Crippen LogP contribution in [-0.4, -0.2) is 19.0 Å². The van der Waals surface area contributed by atoms with Crippen LogP contribution in [0.15, 0.2) is 18.2 Å². The highest BCUT2D eigenvalue weighted by atomic mass is 35.5. The molecule has 0 aliphatic heterocycles. The van der Waals surface area contributed by atoms with E-state index in [0.29, 0.717) is 22.0 Å². The van der Waals surface area contributed by atoms with E-state index in [-0.39, 0.29) is 5.78 Å². The summed E-state index contributed by atoms with van der Waals surface area (Å²) in [6.45, 7) is 2.01. The second-order valence-electron chi connectivity index (χ2n) is 3.51. The van der Waals surface area contributed by atoms with Crippen molar-refractivity contribution in [3.63, 3.8) is 0 Å². The van der Waals surface area contributed by atoms with Gasteiger partial charge in [0.25, 0.3) is 0 Å². The first-order valence-corrected chi connectivity index (χ1v) is 5.87.